The zero-order valence-corrected chi connectivity index (χ0v) is 19.0. The van der Waals surface area contributed by atoms with Gasteiger partial charge in [0.05, 0.1) is 22.6 Å². The molecule has 0 aromatic rings. The number of nitrogens with zero attached hydrogens (tertiary/aromatic N) is 4. The Balaban J connectivity index is 2.36. The van der Waals surface area contributed by atoms with Crippen molar-refractivity contribution in [2.45, 2.75) is 101 Å². The van der Waals surface area contributed by atoms with Gasteiger partial charge in [-0.05, 0) is 40.5 Å². The maximum Gasteiger partial charge on any atom is 0.223 e. The molecule has 32 heavy (non-hydrogen) atoms. The van der Waals surface area contributed by atoms with Crippen LogP contribution in [0.25, 0.3) is 0 Å². The van der Waals surface area contributed by atoms with Gasteiger partial charge < -0.3 is 20.6 Å². The van der Waals surface area contributed by atoms with Crippen LogP contribution in [0.2, 0.25) is 0 Å². The molecule has 2 aliphatic rings. The Morgan fingerprint density at radius 3 is 1.38 bits per heavy atom. The van der Waals surface area contributed by atoms with Gasteiger partial charge in [0.15, 0.2) is 0 Å². The van der Waals surface area contributed by atoms with Crippen LogP contribution in [0.4, 0.5) is 0 Å². The molecule has 12 heteroatoms. The highest BCUT2D eigenvalue weighted by Gasteiger charge is 2.59. The molecule has 6 atom stereocenters. The highest BCUT2D eigenvalue weighted by Crippen LogP contribution is 2.48. The fourth-order valence-electron chi connectivity index (χ4n) is 5.49. The van der Waals surface area contributed by atoms with E-state index in [-0.39, 0.29) is 62.8 Å². The fraction of sp³-hybridized carbons (Fsp3) is 0.900. The lowest BCUT2D eigenvalue weighted by atomic mass is 9.61. The summed E-state index contributed by atoms with van der Waals surface area (Å²) in [6.45, 7) is 6.05. The van der Waals surface area contributed by atoms with Crippen LogP contribution in [0.15, 0.2) is 10.3 Å². The van der Waals surface area contributed by atoms with Gasteiger partial charge in [-0.25, -0.2) is 0 Å². The van der Waals surface area contributed by atoms with Crippen molar-refractivity contribution in [2.24, 2.45) is 22.1 Å². The average molecular weight is 459 g/mol. The van der Waals surface area contributed by atoms with E-state index in [4.69, 9.17) is 0 Å². The van der Waals surface area contributed by atoms with Crippen molar-refractivity contribution in [2.75, 3.05) is 0 Å². The molecule has 0 aliphatic heterocycles. The molecule has 2 aliphatic carbocycles. The quantitative estimate of drug-likeness (QED) is 0.193. The standard InChI is InChI=1S/C20H34N4O8/c1-13(21-27)15-11-19(23(29)30,7-5-17(15,3)25)9-10-20(24(31)32)8-6-18(4,26)16(12-20)14(2)22-28/h15-16,25-28H,5-12H2,1-4H3/b21-13+,22-14+/t15-,16-,17+,18+,19+,20+/m0/s1. The van der Waals surface area contributed by atoms with Gasteiger partial charge in [-0.2, -0.15) is 0 Å². The van der Waals surface area contributed by atoms with Crippen LogP contribution in [-0.4, -0.2) is 64.2 Å². The first kappa shape index (κ1) is 25.9. The Bertz CT molecular complexity index is 745. The second-order valence-corrected chi connectivity index (χ2v) is 10.2. The average Bonchev–Trinajstić information content (AvgIpc) is 2.72. The molecule has 0 heterocycles. The molecular formula is C20H34N4O8. The maximum absolute atomic E-state index is 12.2. The number of oxime groups is 2. The van der Waals surface area contributed by atoms with E-state index in [1.165, 1.54) is 13.8 Å². The molecular weight excluding hydrogens is 424 g/mol. The Labute approximate surface area is 186 Å². The van der Waals surface area contributed by atoms with Crippen LogP contribution in [0.3, 0.4) is 0 Å². The van der Waals surface area contributed by atoms with E-state index < -0.39 is 44.0 Å². The number of hydrogen-bond acceptors (Lipinski definition) is 10. The van der Waals surface area contributed by atoms with Gasteiger partial charge in [-0.1, -0.05) is 10.3 Å². The lowest BCUT2D eigenvalue weighted by Gasteiger charge is -2.45. The molecule has 0 radical (unpaired) electrons. The highest BCUT2D eigenvalue weighted by molar-refractivity contribution is 5.85. The minimum atomic E-state index is -1.52. The Morgan fingerprint density at radius 1 is 0.812 bits per heavy atom. The minimum Gasteiger partial charge on any atom is -0.411 e. The van der Waals surface area contributed by atoms with Crippen molar-refractivity contribution < 1.29 is 30.5 Å². The molecule has 0 bridgehead atoms. The summed E-state index contributed by atoms with van der Waals surface area (Å²) in [7, 11) is 0. The summed E-state index contributed by atoms with van der Waals surface area (Å²) < 4.78 is 0. The summed E-state index contributed by atoms with van der Waals surface area (Å²) in [6.07, 6.45) is -0.158. The molecule has 0 aromatic carbocycles. The second-order valence-electron chi connectivity index (χ2n) is 10.2. The zero-order chi connectivity index (χ0) is 24.5. The van der Waals surface area contributed by atoms with Crippen LogP contribution in [0.5, 0.6) is 0 Å². The van der Waals surface area contributed by atoms with Crippen LogP contribution in [0, 0.1) is 32.1 Å². The van der Waals surface area contributed by atoms with Crippen LogP contribution >= 0.6 is 0 Å². The predicted octanol–water partition coefficient (Wildman–Crippen LogP) is 2.60. The van der Waals surface area contributed by atoms with Gasteiger partial charge in [0.25, 0.3) is 0 Å². The topological polar surface area (TPSA) is 192 Å². The maximum atomic E-state index is 12.2. The number of aliphatic hydroxyl groups is 2. The van der Waals surface area contributed by atoms with Crippen molar-refractivity contribution in [1.29, 1.82) is 0 Å². The SMILES string of the molecule is C/C(=N\O)[C@@H]1C[C@@](CC[C@]2([N+](=O)[O-])CC[C@@](C)(O)[C@H](/C(C)=N/O)C2)([N+](=O)[O-])CC[C@@]1(C)O. The summed E-state index contributed by atoms with van der Waals surface area (Å²) in [6, 6.07) is 0. The monoisotopic (exact) mass is 458 g/mol. The predicted molar refractivity (Wildman–Crippen MR) is 114 cm³/mol. The van der Waals surface area contributed by atoms with Crippen LogP contribution in [-0.2, 0) is 0 Å². The summed E-state index contributed by atoms with van der Waals surface area (Å²) in [5.41, 5.74) is -5.27. The summed E-state index contributed by atoms with van der Waals surface area (Å²) >= 11 is 0. The van der Waals surface area contributed by atoms with E-state index in [0.717, 1.165) is 0 Å². The molecule has 2 rings (SSSR count). The summed E-state index contributed by atoms with van der Waals surface area (Å²) in [5.74, 6) is -1.52. The van der Waals surface area contributed by atoms with Gasteiger partial charge in [0.1, 0.15) is 0 Å². The summed E-state index contributed by atoms with van der Waals surface area (Å²) in [5, 5.41) is 70.4. The van der Waals surface area contributed by atoms with Crippen molar-refractivity contribution in [3.8, 4) is 0 Å². The molecule has 2 saturated carbocycles. The third-order valence-electron chi connectivity index (χ3n) is 8.02. The smallest absolute Gasteiger partial charge is 0.223 e. The van der Waals surface area contributed by atoms with Crippen molar-refractivity contribution >= 4 is 11.4 Å². The Hall–Kier alpha value is -2.34. The molecule has 0 spiro atoms. The number of hydrogen-bond donors (Lipinski definition) is 4. The van der Waals surface area contributed by atoms with Gasteiger partial charge >= 0.3 is 0 Å². The summed E-state index contributed by atoms with van der Waals surface area (Å²) in [4.78, 5) is 23.5. The van der Waals surface area contributed by atoms with Crippen molar-refractivity contribution in [1.82, 2.24) is 0 Å². The van der Waals surface area contributed by atoms with E-state index in [9.17, 15) is 40.9 Å². The first-order valence-electron chi connectivity index (χ1n) is 10.8. The number of rotatable bonds is 7. The fourth-order valence-corrected chi connectivity index (χ4v) is 5.49. The molecule has 0 unspecified atom stereocenters. The lowest BCUT2D eigenvalue weighted by Crippen LogP contribution is -2.57. The highest BCUT2D eigenvalue weighted by atomic mass is 16.6. The molecule has 0 saturated heterocycles. The molecule has 0 aromatic heterocycles. The second kappa shape index (κ2) is 8.89. The van der Waals surface area contributed by atoms with Crippen LogP contribution < -0.4 is 0 Å². The lowest BCUT2D eigenvalue weighted by molar-refractivity contribution is -0.596. The van der Waals surface area contributed by atoms with E-state index in [1.54, 1.807) is 13.8 Å². The first-order valence-corrected chi connectivity index (χ1v) is 10.8. The Kier molecular flexibility index (Phi) is 7.20. The number of nitro groups is 2. The Morgan fingerprint density at radius 2 is 1.12 bits per heavy atom. The molecule has 12 nitrogen and oxygen atoms in total. The molecule has 4 N–H and O–H groups in total. The van der Waals surface area contributed by atoms with Gasteiger partial charge in [0.2, 0.25) is 11.1 Å². The minimum absolute atomic E-state index is 0.0360. The van der Waals surface area contributed by atoms with E-state index >= 15 is 0 Å². The molecule has 2 fully saturated rings. The van der Waals surface area contributed by atoms with Crippen molar-refractivity contribution in [3.63, 3.8) is 0 Å². The third kappa shape index (κ3) is 4.70. The molecule has 182 valence electrons. The van der Waals surface area contributed by atoms with Crippen molar-refractivity contribution in [3.05, 3.63) is 20.2 Å². The van der Waals surface area contributed by atoms with E-state index in [1.807, 2.05) is 0 Å². The largest absolute Gasteiger partial charge is 0.411 e. The zero-order valence-electron chi connectivity index (χ0n) is 19.0. The normalized spacial score (nSPS) is 41.3. The van der Waals surface area contributed by atoms with E-state index in [2.05, 4.69) is 10.3 Å². The van der Waals surface area contributed by atoms with Gasteiger partial charge in [0, 0.05) is 60.2 Å². The van der Waals surface area contributed by atoms with Crippen LogP contribution in [0.1, 0.15) is 79.1 Å². The molecule has 0 amide bonds. The van der Waals surface area contributed by atoms with E-state index in [0.29, 0.717) is 0 Å². The first-order chi connectivity index (χ1) is 14.7. The third-order valence-corrected chi connectivity index (χ3v) is 8.02. The van der Waals surface area contributed by atoms with Gasteiger partial charge in [-0.15, -0.1) is 0 Å². The van der Waals surface area contributed by atoms with Gasteiger partial charge in [-0.3, -0.25) is 20.2 Å².